The highest BCUT2D eigenvalue weighted by Gasteiger charge is 2.37. The Hall–Kier alpha value is -0.860. The van der Waals surface area contributed by atoms with Crippen LogP contribution in [0.3, 0.4) is 0 Å². The van der Waals surface area contributed by atoms with Crippen molar-refractivity contribution in [3.8, 4) is 0 Å². The second-order valence-electron chi connectivity index (χ2n) is 6.15. The minimum Gasteiger partial charge on any atom is -0.465 e. The lowest BCUT2D eigenvalue weighted by Gasteiger charge is -2.36. The smallest absolute Gasteiger partial charge is 0.215 e. The Morgan fingerprint density at radius 1 is 1.23 bits per heavy atom. The van der Waals surface area contributed by atoms with Crippen molar-refractivity contribution in [3.63, 3.8) is 0 Å². The zero-order chi connectivity index (χ0) is 16.5. The molecule has 2 atom stereocenters. The molecular formula is C14H23NO5S2. The van der Waals surface area contributed by atoms with Gasteiger partial charge in [0.25, 0.3) is 0 Å². The predicted molar refractivity (Wildman–Crippen MR) is 84.8 cm³/mol. The third-order valence-electron chi connectivity index (χ3n) is 3.97. The van der Waals surface area contributed by atoms with Crippen molar-refractivity contribution < 1.29 is 21.3 Å². The van der Waals surface area contributed by atoms with Gasteiger partial charge >= 0.3 is 0 Å². The molecule has 1 fully saturated rings. The Bertz CT molecular complexity index is 720. The van der Waals surface area contributed by atoms with Gasteiger partial charge < -0.3 is 4.42 Å². The molecule has 0 radical (unpaired) electrons. The van der Waals surface area contributed by atoms with E-state index in [-0.39, 0.29) is 17.5 Å². The standard InChI is InChI=1S/C14H23NO5S2/c1-11-6-7-15(22(18,19)9-8-21(3,16)17)13(10-11)14-5-4-12(2)20-14/h4-5,11,13H,6-10H2,1-3H3/t11-,13-/m1/s1. The Balaban J connectivity index is 2.25. The maximum absolute atomic E-state index is 12.5. The number of aryl methyl sites for hydroxylation is 1. The van der Waals surface area contributed by atoms with Crippen LogP contribution in [0.4, 0.5) is 0 Å². The van der Waals surface area contributed by atoms with Crippen LogP contribution >= 0.6 is 0 Å². The van der Waals surface area contributed by atoms with Crippen LogP contribution in [0.15, 0.2) is 16.5 Å². The van der Waals surface area contributed by atoms with Crippen LogP contribution in [0.1, 0.15) is 37.3 Å². The van der Waals surface area contributed by atoms with Crippen LogP contribution in [-0.4, -0.2) is 45.4 Å². The van der Waals surface area contributed by atoms with Crippen molar-refractivity contribution in [2.45, 2.75) is 32.7 Å². The monoisotopic (exact) mass is 349 g/mol. The third-order valence-corrected chi connectivity index (χ3v) is 7.05. The molecule has 0 amide bonds. The minimum absolute atomic E-state index is 0.345. The Morgan fingerprint density at radius 2 is 1.91 bits per heavy atom. The first-order chi connectivity index (χ1) is 10.1. The molecule has 0 N–H and O–H groups in total. The van der Waals surface area contributed by atoms with E-state index in [9.17, 15) is 16.8 Å². The molecule has 0 saturated carbocycles. The number of nitrogens with zero attached hydrogens (tertiary/aromatic N) is 1. The first-order valence-corrected chi connectivity index (χ1v) is 11.0. The van der Waals surface area contributed by atoms with Crippen LogP contribution in [0.25, 0.3) is 0 Å². The van der Waals surface area contributed by atoms with Gasteiger partial charge in [0.1, 0.15) is 21.4 Å². The van der Waals surface area contributed by atoms with Gasteiger partial charge in [0, 0.05) is 12.8 Å². The number of piperidine rings is 1. The van der Waals surface area contributed by atoms with Gasteiger partial charge in [-0.3, -0.25) is 0 Å². The first kappa shape index (κ1) is 17.5. The molecule has 0 bridgehead atoms. The molecule has 0 aliphatic carbocycles. The summed E-state index contributed by atoms with van der Waals surface area (Å²) in [6, 6.07) is 3.27. The summed E-state index contributed by atoms with van der Waals surface area (Å²) in [7, 11) is -6.95. The number of sulfonamides is 1. The molecule has 22 heavy (non-hydrogen) atoms. The van der Waals surface area contributed by atoms with Crippen LogP contribution < -0.4 is 0 Å². The average Bonchev–Trinajstić information content (AvgIpc) is 2.82. The molecule has 1 aromatic rings. The number of furan rings is 1. The highest BCUT2D eigenvalue weighted by Crippen LogP contribution is 2.36. The van der Waals surface area contributed by atoms with Gasteiger partial charge in [-0.15, -0.1) is 0 Å². The quantitative estimate of drug-likeness (QED) is 0.808. The normalized spacial score (nSPS) is 24.5. The summed E-state index contributed by atoms with van der Waals surface area (Å²) in [6.07, 6.45) is 2.51. The zero-order valence-electron chi connectivity index (χ0n) is 13.1. The maximum Gasteiger partial charge on any atom is 0.215 e. The number of hydrogen-bond donors (Lipinski definition) is 0. The third kappa shape index (κ3) is 4.33. The van der Waals surface area contributed by atoms with E-state index < -0.39 is 19.9 Å². The number of sulfone groups is 1. The maximum atomic E-state index is 12.5. The second-order valence-corrected chi connectivity index (χ2v) is 10.5. The summed E-state index contributed by atoms with van der Waals surface area (Å²) >= 11 is 0. The molecule has 1 aliphatic rings. The molecule has 6 nitrogen and oxygen atoms in total. The van der Waals surface area contributed by atoms with E-state index in [1.807, 2.05) is 13.0 Å². The molecule has 2 heterocycles. The fourth-order valence-electron chi connectivity index (χ4n) is 2.72. The van der Waals surface area contributed by atoms with Crippen molar-refractivity contribution in [2.24, 2.45) is 5.92 Å². The summed E-state index contributed by atoms with van der Waals surface area (Å²) in [5.74, 6) is 1.03. The fraction of sp³-hybridized carbons (Fsp3) is 0.714. The fourth-order valence-corrected chi connectivity index (χ4v) is 5.97. The van der Waals surface area contributed by atoms with Crippen LogP contribution in [0.2, 0.25) is 0 Å². The summed E-state index contributed by atoms with van der Waals surface area (Å²) in [4.78, 5) is 0. The Labute approximate surface area is 132 Å². The lowest BCUT2D eigenvalue weighted by molar-refractivity contribution is 0.184. The van der Waals surface area contributed by atoms with Crippen LogP contribution in [0, 0.1) is 12.8 Å². The Kier molecular flexibility index (Phi) is 5.03. The van der Waals surface area contributed by atoms with Gasteiger partial charge in [0.2, 0.25) is 10.0 Å². The van der Waals surface area contributed by atoms with E-state index in [4.69, 9.17) is 4.42 Å². The van der Waals surface area contributed by atoms with Gasteiger partial charge in [-0.1, -0.05) is 6.92 Å². The number of rotatable bonds is 5. The van der Waals surface area contributed by atoms with E-state index in [0.717, 1.165) is 18.4 Å². The minimum atomic E-state index is -3.63. The van der Waals surface area contributed by atoms with Gasteiger partial charge in [0.15, 0.2) is 0 Å². The molecule has 1 aliphatic heterocycles. The molecule has 0 spiro atoms. The second kappa shape index (κ2) is 6.33. The highest BCUT2D eigenvalue weighted by molar-refractivity contribution is 7.93. The molecule has 0 aromatic carbocycles. The Morgan fingerprint density at radius 3 is 2.45 bits per heavy atom. The van der Waals surface area contributed by atoms with Crippen LogP contribution in [-0.2, 0) is 19.9 Å². The summed E-state index contributed by atoms with van der Waals surface area (Å²) in [6.45, 7) is 4.30. The summed E-state index contributed by atoms with van der Waals surface area (Å²) < 4.78 is 54.7. The van der Waals surface area contributed by atoms with Crippen LogP contribution in [0.5, 0.6) is 0 Å². The van der Waals surface area contributed by atoms with Gasteiger partial charge in [-0.05, 0) is 37.8 Å². The molecule has 1 aromatic heterocycles. The highest BCUT2D eigenvalue weighted by atomic mass is 32.2. The SMILES string of the molecule is Cc1ccc([C@H]2C[C@H](C)CCN2S(=O)(=O)CCS(C)(=O)=O)o1. The lowest BCUT2D eigenvalue weighted by Crippen LogP contribution is -2.42. The van der Waals surface area contributed by atoms with Gasteiger partial charge in [-0.2, -0.15) is 4.31 Å². The molecule has 126 valence electrons. The van der Waals surface area contributed by atoms with Crippen molar-refractivity contribution in [2.75, 3.05) is 24.3 Å². The van der Waals surface area contributed by atoms with E-state index in [1.54, 1.807) is 6.07 Å². The summed E-state index contributed by atoms with van der Waals surface area (Å²) in [5.41, 5.74) is 0. The average molecular weight is 349 g/mol. The topological polar surface area (TPSA) is 84.7 Å². The van der Waals surface area contributed by atoms with E-state index >= 15 is 0 Å². The van der Waals surface area contributed by atoms with Crippen molar-refractivity contribution in [1.29, 1.82) is 0 Å². The van der Waals surface area contributed by atoms with Crippen molar-refractivity contribution in [1.82, 2.24) is 4.31 Å². The van der Waals surface area contributed by atoms with Crippen molar-refractivity contribution >= 4 is 19.9 Å². The molecule has 1 saturated heterocycles. The largest absolute Gasteiger partial charge is 0.465 e. The first-order valence-electron chi connectivity index (χ1n) is 7.32. The van der Waals surface area contributed by atoms with Crippen molar-refractivity contribution in [3.05, 3.63) is 23.7 Å². The lowest BCUT2D eigenvalue weighted by atomic mass is 9.93. The molecule has 0 unspecified atom stereocenters. The number of hydrogen-bond acceptors (Lipinski definition) is 5. The van der Waals surface area contributed by atoms with Gasteiger partial charge in [-0.25, -0.2) is 16.8 Å². The van der Waals surface area contributed by atoms with E-state index in [1.165, 1.54) is 4.31 Å². The van der Waals surface area contributed by atoms with E-state index in [2.05, 4.69) is 6.92 Å². The van der Waals surface area contributed by atoms with E-state index in [0.29, 0.717) is 24.6 Å². The molecule has 2 rings (SSSR count). The zero-order valence-corrected chi connectivity index (χ0v) is 14.8. The molecule has 8 heteroatoms. The molecular weight excluding hydrogens is 326 g/mol. The predicted octanol–water partition coefficient (Wildman–Crippen LogP) is 1.74. The summed E-state index contributed by atoms with van der Waals surface area (Å²) in [5, 5.41) is 0. The van der Waals surface area contributed by atoms with Gasteiger partial charge in [0.05, 0.1) is 17.5 Å².